The normalized spacial score (nSPS) is 27.5. The van der Waals surface area contributed by atoms with Crippen LogP contribution in [-0.2, 0) is 4.79 Å². The van der Waals surface area contributed by atoms with Crippen LogP contribution < -0.4 is 10.6 Å². The van der Waals surface area contributed by atoms with E-state index in [0.29, 0.717) is 18.5 Å². The summed E-state index contributed by atoms with van der Waals surface area (Å²) in [5.74, 6) is 3.07. The number of terminal acetylenes is 1. The lowest BCUT2D eigenvalue weighted by Crippen LogP contribution is -2.43. The summed E-state index contributed by atoms with van der Waals surface area (Å²) < 4.78 is 0. The molecule has 3 heteroatoms. The molecule has 0 saturated heterocycles. The quantitative estimate of drug-likeness (QED) is 0.603. The van der Waals surface area contributed by atoms with Gasteiger partial charge in [-0.25, -0.2) is 0 Å². The van der Waals surface area contributed by atoms with Gasteiger partial charge in [0.1, 0.15) is 0 Å². The Balaban J connectivity index is 2.19. The summed E-state index contributed by atoms with van der Waals surface area (Å²) in [7, 11) is 0. The molecule has 0 aliphatic heterocycles. The minimum atomic E-state index is -0.136. The zero-order valence-corrected chi connectivity index (χ0v) is 8.13. The Morgan fingerprint density at radius 1 is 1.77 bits per heavy atom. The smallest absolute Gasteiger partial charge is 0.237 e. The van der Waals surface area contributed by atoms with Crippen LogP contribution in [0.2, 0.25) is 0 Å². The average Bonchev–Trinajstić information content (AvgIpc) is 2.77. The topological polar surface area (TPSA) is 41.1 Å². The third-order valence-corrected chi connectivity index (χ3v) is 2.33. The third kappa shape index (κ3) is 3.08. The number of nitrogens with one attached hydrogen (secondary N) is 2. The fraction of sp³-hybridized carbons (Fsp3) is 0.700. The van der Waals surface area contributed by atoms with Gasteiger partial charge in [0.15, 0.2) is 0 Å². The van der Waals surface area contributed by atoms with Crippen LogP contribution in [0, 0.1) is 18.3 Å². The Morgan fingerprint density at radius 3 is 2.85 bits per heavy atom. The molecule has 1 rings (SSSR count). The zero-order valence-electron chi connectivity index (χ0n) is 8.13. The molecule has 0 aromatic heterocycles. The van der Waals surface area contributed by atoms with E-state index < -0.39 is 0 Å². The van der Waals surface area contributed by atoms with E-state index >= 15 is 0 Å². The van der Waals surface area contributed by atoms with E-state index in [-0.39, 0.29) is 11.9 Å². The number of rotatable bonds is 4. The maximum atomic E-state index is 11.3. The molecule has 1 fully saturated rings. The van der Waals surface area contributed by atoms with E-state index in [0.717, 1.165) is 0 Å². The van der Waals surface area contributed by atoms with Crippen molar-refractivity contribution in [1.82, 2.24) is 10.6 Å². The largest absolute Gasteiger partial charge is 0.344 e. The molecule has 0 heterocycles. The predicted octanol–water partition coefficient (Wildman–Crippen LogP) is 0.122. The average molecular weight is 180 g/mol. The molecule has 1 saturated carbocycles. The van der Waals surface area contributed by atoms with Gasteiger partial charge in [0.25, 0.3) is 0 Å². The molecule has 3 atom stereocenters. The molecule has 13 heavy (non-hydrogen) atoms. The summed E-state index contributed by atoms with van der Waals surface area (Å²) >= 11 is 0. The van der Waals surface area contributed by atoms with Crippen molar-refractivity contribution < 1.29 is 4.79 Å². The van der Waals surface area contributed by atoms with Crippen LogP contribution in [0.15, 0.2) is 0 Å². The second-order valence-electron chi connectivity index (χ2n) is 3.63. The van der Waals surface area contributed by atoms with Crippen LogP contribution >= 0.6 is 0 Å². The van der Waals surface area contributed by atoms with Crippen LogP contribution in [0.3, 0.4) is 0 Å². The van der Waals surface area contributed by atoms with Crippen molar-refractivity contribution in [2.75, 3.05) is 6.54 Å². The van der Waals surface area contributed by atoms with E-state index in [9.17, 15) is 4.79 Å². The van der Waals surface area contributed by atoms with Gasteiger partial charge in [0.2, 0.25) is 5.91 Å². The van der Waals surface area contributed by atoms with Gasteiger partial charge in [-0.3, -0.25) is 4.79 Å². The molecule has 0 radical (unpaired) electrons. The van der Waals surface area contributed by atoms with E-state index in [4.69, 9.17) is 6.42 Å². The highest BCUT2D eigenvalue weighted by Gasteiger charge is 2.34. The first kappa shape index (κ1) is 10.1. The molecule has 3 nitrogen and oxygen atoms in total. The summed E-state index contributed by atoms with van der Waals surface area (Å²) in [5, 5.41) is 5.87. The van der Waals surface area contributed by atoms with Crippen molar-refractivity contribution in [2.45, 2.75) is 32.4 Å². The molecule has 0 aromatic rings. The van der Waals surface area contributed by atoms with Gasteiger partial charge in [-0.15, -0.1) is 6.42 Å². The van der Waals surface area contributed by atoms with Crippen LogP contribution in [0.25, 0.3) is 0 Å². The number of amides is 1. The first-order valence-electron chi connectivity index (χ1n) is 4.62. The van der Waals surface area contributed by atoms with Gasteiger partial charge in [0, 0.05) is 6.04 Å². The van der Waals surface area contributed by atoms with Crippen molar-refractivity contribution in [3.8, 4) is 12.3 Å². The molecular formula is C10H16N2O. The summed E-state index contributed by atoms with van der Waals surface area (Å²) in [5.41, 5.74) is 0. The Bertz CT molecular complexity index is 232. The SMILES string of the molecule is C#CCNC(=O)C(C)NC1CC1C. The van der Waals surface area contributed by atoms with Crippen LogP contribution in [-0.4, -0.2) is 24.5 Å². The molecule has 72 valence electrons. The molecule has 3 unspecified atom stereocenters. The second-order valence-corrected chi connectivity index (χ2v) is 3.63. The summed E-state index contributed by atoms with van der Waals surface area (Å²) in [4.78, 5) is 11.3. The summed E-state index contributed by atoms with van der Waals surface area (Å²) in [6.45, 7) is 4.34. The highest BCUT2D eigenvalue weighted by molar-refractivity contribution is 5.81. The van der Waals surface area contributed by atoms with Gasteiger partial charge in [-0.2, -0.15) is 0 Å². The van der Waals surface area contributed by atoms with E-state index in [1.54, 1.807) is 0 Å². The Hall–Kier alpha value is -1.01. The minimum absolute atomic E-state index is 0.0166. The summed E-state index contributed by atoms with van der Waals surface area (Å²) in [6, 6.07) is 0.384. The Morgan fingerprint density at radius 2 is 2.38 bits per heavy atom. The highest BCUT2D eigenvalue weighted by atomic mass is 16.2. The Kier molecular flexibility index (Phi) is 3.32. The highest BCUT2D eigenvalue weighted by Crippen LogP contribution is 2.29. The fourth-order valence-corrected chi connectivity index (χ4v) is 1.24. The molecule has 0 bridgehead atoms. The van der Waals surface area contributed by atoms with Gasteiger partial charge >= 0.3 is 0 Å². The maximum Gasteiger partial charge on any atom is 0.237 e. The lowest BCUT2D eigenvalue weighted by molar-refractivity contribution is -0.122. The van der Waals surface area contributed by atoms with Gasteiger partial charge in [0.05, 0.1) is 12.6 Å². The first-order chi connectivity index (χ1) is 6.15. The monoisotopic (exact) mass is 180 g/mol. The maximum absolute atomic E-state index is 11.3. The molecule has 1 aliphatic rings. The molecule has 0 aromatic carbocycles. The van der Waals surface area contributed by atoms with E-state index in [2.05, 4.69) is 23.5 Å². The number of hydrogen-bond donors (Lipinski definition) is 2. The van der Waals surface area contributed by atoms with Crippen molar-refractivity contribution in [3.05, 3.63) is 0 Å². The fourth-order valence-electron chi connectivity index (χ4n) is 1.24. The van der Waals surface area contributed by atoms with Crippen molar-refractivity contribution in [2.24, 2.45) is 5.92 Å². The van der Waals surface area contributed by atoms with Gasteiger partial charge < -0.3 is 10.6 Å². The minimum Gasteiger partial charge on any atom is -0.344 e. The number of carbonyl (C=O) groups excluding carboxylic acids is 1. The van der Waals surface area contributed by atoms with E-state index in [1.807, 2.05) is 6.92 Å². The van der Waals surface area contributed by atoms with E-state index in [1.165, 1.54) is 6.42 Å². The molecular weight excluding hydrogens is 164 g/mol. The third-order valence-electron chi connectivity index (χ3n) is 2.33. The second kappa shape index (κ2) is 4.29. The van der Waals surface area contributed by atoms with Crippen LogP contribution in [0.4, 0.5) is 0 Å². The van der Waals surface area contributed by atoms with Crippen molar-refractivity contribution in [1.29, 1.82) is 0 Å². The van der Waals surface area contributed by atoms with Crippen molar-refractivity contribution in [3.63, 3.8) is 0 Å². The standard InChI is InChI=1S/C10H16N2O/c1-4-5-11-10(13)8(3)12-9-6-7(9)2/h1,7-9,12H,5-6H2,2-3H3,(H,11,13). The molecule has 0 spiro atoms. The molecule has 1 aliphatic carbocycles. The van der Waals surface area contributed by atoms with Crippen molar-refractivity contribution >= 4 is 5.91 Å². The van der Waals surface area contributed by atoms with Crippen LogP contribution in [0.1, 0.15) is 20.3 Å². The lowest BCUT2D eigenvalue weighted by atomic mass is 10.3. The summed E-state index contributed by atoms with van der Waals surface area (Å²) in [6.07, 6.45) is 6.20. The predicted molar refractivity (Wildman–Crippen MR) is 52.0 cm³/mol. The van der Waals surface area contributed by atoms with Crippen LogP contribution in [0.5, 0.6) is 0 Å². The molecule has 2 N–H and O–H groups in total. The van der Waals surface area contributed by atoms with Gasteiger partial charge in [-0.1, -0.05) is 12.8 Å². The number of carbonyl (C=O) groups is 1. The van der Waals surface area contributed by atoms with Gasteiger partial charge in [-0.05, 0) is 19.3 Å². The molecule has 1 amide bonds. The Labute approximate surface area is 79.3 Å². The zero-order chi connectivity index (χ0) is 9.84. The lowest BCUT2D eigenvalue weighted by Gasteiger charge is -2.12. The number of hydrogen-bond acceptors (Lipinski definition) is 2. The first-order valence-corrected chi connectivity index (χ1v) is 4.62.